The van der Waals surface area contributed by atoms with E-state index in [-0.39, 0.29) is 11.9 Å². The summed E-state index contributed by atoms with van der Waals surface area (Å²) in [5.41, 5.74) is 1.60. The van der Waals surface area contributed by atoms with Crippen LogP contribution in [0.4, 0.5) is 0 Å². The Labute approximate surface area is 137 Å². The number of likely N-dealkylation sites (tertiary alicyclic amines) is 1. The van der Waals surface area contributed by atoms with Gasteiger partial charge in [0.1, 0.15) is 0 Å². The van der Waals surface area contributed by atoms with Crippen molar-refractivity contribution in [2.45, 2.75) is 57.6 Å². The number of aliphatic hydroxyl groups is 1. The molecule has 4 nitrogen and oxygen atoms in total. The minimum absolute atomic E-state index is 0.0388. The van der Waals surface area contributed by atoms with Gasteiger partial charge < -0.3 is 15.0 Å². The first-order valence-corrected chi connectivity index (χ1v) is 8.53. The van der Waals surface area contributed by atoms with Crippen LogP contribution < -0.4 is 0 Å². The number of hydrogen-bond acceptors (Lipinski definition) is 2. The molecular formula is C19H26N2O2. The lowest BCUT2D eigenvalue weighted by Crippen LogP contribution is -2.48. The Kier molecular flexibility index (Phi) is 4.44. The molecule has 2 N–H and O–H groups in total. The molecule has 1 amide bonds. The highest BCUT2D eigenvalue weighted by Gasteiger charge is 2.37. The lowest BCUT2D eigenvalue weighted by molar-refractivity contribution is -0.136. The van der Waals surface area contributed by atoms with Gasteiger partial charge in [-0.15, -0.1) is 0 Å². The van der Waals surface area contributed by atoms with Crippen molar-refractivity contribution in [2.24, 2.45) is 0 Å². The number of H-pyrrole nitrogens is 1. The number of fused-ring (bicyclic) bond motifs is 1. The number of nitrogens with zero attached hydrogens (tertiary/aromatic N) is 1. The molecule has 2 aromatic rings. The number of rotatable bonds is 5. The Morgan fingerprint density at radius 1 is 1.39 bits per heavy atom. The molecule has 2 heterocycles. The lowest BCUT2D eigenvalue weighted by Gasteiger charge is -2.33. The second-order valence-corrected chi connectivity index (χ2v) is 7.11. The summed E-state index contributed by atoms with van der Waals surface area (Å²) in [5, 5.41) is 11.5. The molecular weight excluding hydrogens is 288 g/mol. The van der Waals surface area contributed by atoms with Crippen molar-refractivity contribution >= 4 is 16.8 Å². The lowest BCUT2D eigenvalue weighted by atomic mass is 9.96. The normalized spacial score (nSPS) is 18.7. The van der Waals surface area contributed by atoms with E-state index in [1.54, 1.807) is 13.8 Å². The van der Waals surface area contributed by atoms with E-state index in [0.29, 0.717) is 6.42 Å². The summed E-state index contributed by atoms with van der Waals surface area (Å²) in [6.45, 7) is 4.38. The first-order chi connectivity index (χ1) is 11.0. The molecule has 1 aliphatic rings. The molecule has 124 valence electrons. The number of amides is 1. The standard InChI is InChI=1S/C19H26N2O2/c1-19(2,23)17-10-6-12-21(17)18(22)11-5-7-14-13-20-16-9-4-3-8-15(14)16/h3-4,8-9,13,17,20,23H,5-7,10-12H2,1-2H3. The van der Waals surface area contributed by atoms with Gasteiger partial charge in [0.25, 0.3) is 0 Å². The van der Waals surface area contributed by atoms with E-state index in [9.17, 15) is 9.90 Å². The van der Waals surface area contributed by atoms with Crippen molar-refractivity contribution in [1.29, 1.82) is 0 Å². The second kappa shape index (κ2) is 6.36. The Morgan fingerprint density at radius 3 is 2.96 bits per heavy atom. The first kappa shape index (κ1) is 16.1. The molecule has 1 fully saturated rings. The number of carbonyl (C=O) groups is 1. The van der Waals surface area contributed by atoms with Crippen molar-refractivity contribution in [3.63, 3.8) is 0 Å². The van der Waals surface area contributed by atoms with Crippen LogP contribution in [0, 0.1) is 0 Å². The van der Waals surface area contributed by atoms with Gasteiger partial charge in [0.2, 0.25) is 5.91 Å². The number of aryl methyl sites for hydroxylation is 1. The number of benzene rings is 1. The van der Waals surface area contributed by atoms with Crippen LogP contribution in [0.5, 0.6) is 0 Å². The van der Waals surface area contributed by atoms with Gasteiger partial charge in [-0.05, 0) is 51.2 Å². The van der Waals surface area contributed by atoms with Crippen LogP contribution in [-0.2, 0) is 11.2 Å². The molecule has 1 saturated heterocycles. The Hall–Kier alpha value is -1.81. The van der Waals surface area contributed by atoms with Crippen LogP contribution in [0.15, 0.2) is 30.5 Å². The van der Waals surface area contributed by atoms with Gasteiger partial charge in [0.05, 0.1) is 11.6 Å². The van der Waals surface area contributed by atoms with Gasteiger partial charge in [-0.2, -0.15) is 0 Å². The molecule has 1 aromatic carbocycles. The van der Waals surface area contributed by atoms with Gasteiger partial charge in [-0.1, -0.05) is 18.2 Å². The minimum atomic E-state index is -0.816. The first-order valence-electron chi connectivity index (χ1n) is 8.53. The van der Waals surface area contributed by atoms with E-state index in [1.807, 2.05) is 23.2 Å². The summed E-state index contributed by atoms with van der Waals surface area (Å²) in [5.74, 6) is 0.175. The fourth-order valence-electron chi connectivity index (χ4n) is 3.71. The zero-order valence-corrected chi connectivity index (χ0v) is 14.0. The van der Waals surface area contributed by atoms with Crippen molar-refractivity contribution < 1.29 is 9.90 Å². The van der Waals surface area contributed by atoms with Gasteiger partial charge in [0.15, 0.2) is 0 Å². The summed E-state index contributed by atoms with van der Waals surface area (Å²) in [7, 11) is 0. The molecule has 4 heteroatoms. The predicted octanol–water partition coefficient (Wildman–Crippen LogP) is 3.25. The summed E-state index contributed by atoms with van der Waals surface area (Å²) >= 11 is 0. The largest absolute Gasteiger partial charge is 0.388 e. The van der Waals surface area contributed by atoms with Crippen molar-refractivity contribution in [1.82, 2.24) is 9.88 Å². The van der Waals surface area contributed by atoms with Crippen molar-refractivity contribution in [2.75, 3.05) is 6.54 Å². The zero-order chi connectivity index (χ0) is 16.4. The number of para-hydroxylation sites is 1. The van der Waals surface area contributed by atoms with E-state index < -0.39 is 5.60 Å². The van der Waals surface area contributed by atoms with E-state index in [2.05, 4.69) is 17.1 Å². The molecule has 0 bridgehead atoms. The number of aromatic amines is 1. The van der Waals surface area contributed by atoms with Crippen LogP contribution in [0.2, 0.25) is 0 Å². The molecule has 0 aliphatic carbocycles. The summed E-state index contributed by atoms with van der Waals surface area (Å²) in [6.07, 6.45) is 6.23. The van der Waals surface area contributed by atoms with E-state index in [0.717, 1.165) is 37.7 Å². The Bertz CT molecular complexity index is 684. The van der Waals surface area contributed by atoms with Crippen LogP contribution in [0.3, 0.4) is 0 Å². The number of carbonyl (C=O) groups excluding carboxylic acids is 1. The third-order valence-electron chi connectivity index (χ3n) is 4.90. The molecule has 0 saturated carbocycles. The Morgan fingerprint density at radius 2 is 2.17 bits per heavy atom. The Balaban J connectivity index is 1.57. The van der Waals surface area contributed by atoms with Crippen LogP contribution in [0.25, 0.3) is 10.9 Å². The quantitative estimate of drug-likeness (QED) is 0.890. The average molecular weight is 314 g/mol. The van der Waals surface area contributed by atoms with Crippen molar-refractivity contribution in [3.8, 4) is 0 Å². The average Bonchev–Trinajstić information content (AvgIpc) is 3.13. The maximum Gasteiger partial charge on any atom is 0.222 e. The molecule has 0 radical (unpaired) electrons. The monoisotopic (exact) mass is 314 g/mol. The maximum atomic E-state index is 12.5. The maximum absolute atomic E-state index is 12.5. The molecule has 3 rings (SSSR count). The minimum Gasteiger partial charge on any atom is -0.388 e. The smallest absolute Gasteiger partial charge is 0.222 e. The third-order valence-corrected chi connectivity index (χ3v) is 4.90. The molecule has 1 aromatic heterocycles. The number of hydrogen-bond donors (Lipinski definition) is 2. The fraction of sp³-hybridized carbons (Fsp3) is 0.526. The molecule has 0 spiro atoms. The van der Waals surface area contributed by atoms with Crippen LogP contribution >= 0.6 is 0 Å². The molecule has 1 unspecified atom stereocenters. The van der Waals surface area contributed by atoms with Crippen molar-refractivity contribution in [3.05, 3.63) is 36.0 Å². The van der Waals surface area contributed by atoms with Gasteiger partial charge in [-0.25, -0.2) is 0 Å². The second-order valence-electron chi connectivity index (χ2n) is 7.11. The predicted molar refractivity (Wildman–Crippen MR) is 92.3 cm³/mol. The molecule has 1 atom stereocenters. The van der Waals surface area contributed by atoms with Crippen LogP contribution in [0.1, 0.15) is 45.1 Å². The van der Waals surface area contributed by atoms with Gasteiger partial charge in [0, 0.05) is 30.1 Å². The zero-order valence-electron chi connectivity index (χ0n) is 14.0. The summed E-state index contributed by atoms with van der Waals surface area (Å²) < 4.78 is 0. The fourth-order valence-corrected chi connectivity index (χ4v) is 3.71. The SMILES string of the molecule is CC(C)(O)C1CCCN1C(=O)CCCc1c[nH]c2ccccc12. The van der Waals surface area contributed by atoms with Gasteiger partial charge >= 0.3 is 0 Å². The van der Waals surface area contributed by atoms with E-state index in [1.165, 1.54) is 10.9 Å². The van der Waals surface area contributed by atoms with Crippen LogP contribution in [-0.4, -0.2) is 39.1 Å². The summed E-state index contributed by atoms with van der Waals surface area (Å²) in [6, 6.07) is 8.22. The topological polar surface area (TPSA) is 56.3 Å². The highest BCUT2D eigenvalue weighted by molar-refractivity contribution is 5.83. The third kappa shape index (κ3) is 3.42. The highest BCUT2D eigenvalue weighted by Crippen LogP contribution is 2.28. The van der Waals surface area contributed by atoms with E-state index >= 15 is 0 Å². The highest BCUT2D eigenvalue weighted by atomic mass is 16.3. The molecule has 23 heavy (non-hydrogen) atoms. The van der Waals surface area contributed by atoms with Gasteiger partial charge in [-0.3, -0.25) is 4.79 Å². The van der Waals surface area contributed by atoms with E-state index in [4.69, 9.17) is 0 Å². The number of nitrogens with one attached hydrogen (secondary N) is 1. The summed E-state index contributed by atoms with van der Waals surface area (Å²) in [4.78, 5) is 17.7. The molecule has 1 aliphatic heterocycles. The number of aromatic nitrogens is 1.